The van der Waals surface area contributed by atoms with E-state index in [4.69, 9.17) is 19.9 Å². The molecular weight excluding hydrogens is 268 g/mol. The van der Waals surface area contributed by atoms with Crippen LogP contribution in [0.5, 0.6) is 11.5 Å². The number of morpholine rings is 1. The molecule has 1 fully saturated rings. The second-order valence-corrected chi connectivity index (χ2v) is 4.74. The molecule has 1 heterocycles. The number of methoxy groups -OCH3 is 2. The third kappa shape index (κ3) is 5.91. The number of likely N-dealkylation sites (N-methyl/N-ethyl adjacent to an activating group) is 1. The van der Waals surface area contributed by atoms with Crippen LogP contribution in [0, 0.1) is 0 Å². The Balaban J connectivity index is 0.000000235. The molecule has 0 amide bonds. The van der Waals surface area contributed by atoms with Crippen LogP contribution in [0.25, 0.3) is 0 Å². The molecule has 0 aliphatic carbocycles. The Morgan fingerprint density at radius 2 is 1.90 bits per heavy atom. The summed E-state index contributed by atoms with van der Waals surface area (Å²) in [6.45, 7) is 8.06. The van der Waals surface area contributed by atoms with Gasteiger partial charge in [-0.2, -0.15) is 0 Å². The van der Waals surface area contributed by atoms with Crippen molar-refractivity contribution in [3.05, 3.63) is 23.8 Å². The first-order valence-electron chi connectivity index (χ1n) is 7.46. The number of nitrogens with two attached hydrogens (primary N) is 1. The van der Waals surface area contributed by atoms with E-state index in [1.165, 1.54) is 6.54 Å². The molecule has 0 atom stereocenters. The number of para-hydroxylation sites is 1. The minimum absolute atomic E-state index is 0.615. The third-order valence-corrected chi connectivity index (χ3v) is 3.45. The Labute approximate surface area is 128 Å². The molecule has 5 nitrogen and oxygen atoms in total. The topological polar surface area (TPSA) is 57.0 Å². The number of benzene rings is 1. The van der Waals surface area contributed by atoms with Crippen LogP contribution in [-0.4, -0.2) is 58.5 Å². The van der Waals surface area contributed by atoms with Gasteiger partial charge in [-0.15, -0.1) is 0 Å². The number of nitrogens with zero attached hydrogens (tertiary/aromatic N) is 1. The van der Waals surface area contributed by atoms with E-state index in [9.17, 15) is 0 Å². The Morgan fingerprint density at radius 3 is 2.38 bits per heavy atom. The molecule has 0 spiro atoms. The van der Waals surface area contributed by atoms with Gasteiger partial charge in [-0.05, 0) is 31.1 Å². The van der Waals surface area contributed by atoms with E-state index in [-0.39, 0.29) is 0 Å². The van der Waals surface area contributed by atoms with Gasteiger partial charge in [0, 0.05) is 13.1 Å². The van der Waals surface area contributed by atoms with Gasteiger partial charge in [0.15, 0.2) is 11.5 Å². The van der Waals surface area contributed by atoms with Gasteiger partial charge in [0.1, 0.15) is 0 Å². The summed E-state index contributed by atoms with van der Waals surface area (Å²) in [4.78, 5) is 2.39. The molecule has 21 heavy (non-hydrogen) atoms. The molecule has 1 aromatic rings. The summed E-state index contributed by atoms with van der Waals surface area (Å²) in [5.74, 6) is 1.55. The molecule has 1 aliphatic rings. The van der Waals surface area contributed by atoms with Crippen molar-refractivity contribution >= 4 is 0 Å². The number of hydrogen-bond donors (Lipinski definition) is 1. The number of ether oxygens (including phenoxy) is 3. The lowest BCUT2D eigenvalue weighted by Crippen LogP contribution is -2.35. The van der Waals surface area contributed by atoms with Crippen molar-refractivity contribution in [2.75, 3.05) is 53.6 Å². The van der Waals surface area contributed by atoms with Gasteiger partial charge in [0.05, 0.1) is 27.4 Å². The minimum Gasteiger partial charge on any atom is -0.493 e. The summed E-state index contributed by atoms with van der Waals surface area (Å²) in [6, 6.07) is 5.80. The monoisotopic (exact) mass is 296 g/mol. The Hall–Kier alpha value is -1.30. The Kier molecular flexibility index (Phi) is 8.82. The zero-order valence-electron chi connectivity index (χ0n) is 13.4. The van der Waals surface area contributed by atoms with Gasteiger partial charge in [-0.3, -0.25) is 4.90 Å². The molecule has 2 rings (SSSR count). The van der Waals surface area contributed by atoms with Crippen LogP contribution in [0.1, 0.15) is 12.5 Å². The third-order valence-electron chi connectivity index (χ3n) is 3.45. The van der Waals surface area contributed by atoms with Gasteiger partial charge in [-0.1, -0.05) is 19.1 Å². The van der Waals surface area contributed by atoms with E-state index in [0.717, 1.165) is 49.8 Å². The molecule has 0 radical (unpaired) electrons. The van der Waals surface area contributed by atoms with Crippen LogP contribution >= 0.6 is 0 Å². The molecule has 0 unspecified atom stereocenters. The first-order chi connectivity index (χ1) is 10.3. The quantitative estimate of drug-likeness (QED) is 0.893. The summed E-state index contributed by atoms with van der Waals surface area (Å²) in [5.41, 5.74) is 6.57. The highest BCUT2D eigenvalue weighted by Gasteiger charge is 2.07. The first kappa shape index (κ1) is 17.8. The maximum atomic E-state index is 5.48. The fourth-order valence-electron chi connectivity index (χ4n) is 2.22. The van der Waals surface area contributed by atoms with Crippen molar-refractivity contribution in [3.8, 4) is 11.5 Å². The fourth-order valence-corrected chi connectivity index (χ4v) is 2.22. The van der Waals surface area contributed by atoms with Gasteiger partial charge in [0.2, 0.25) is 0 Å². The molecule has 2 N–H and O–H groups in total. The molecule has 0 saturated carbocycles. The van der Waals surface area contributed by atoms with Crippen LogP contribution in [-0.2, 0) is 11.2 Å². The molecule has 1 saturated heterocycles. The van der Waals surface area contributed by atoms with Crippen molar-refractivity contribution in [2.45, 2.75) is 13.3 Å². The Bertz CT molecular complexity index is 393. The predicted molar refractivity (Wildman–Crippen MR) is 85.2 cm³/mol. The molecule has 1 aliphatic heterocycles. The van der Waals surface area contributed by atoms with Gasteiger partial charge >= 0.3 is 0 Å². The van der Waals surface area contributed by atoms with Crippen LogP contribution in [0.4, 0.5) is 0 Å². The maximum absolute atomic E-state index is 5.48. The van der Waals surface area contributed by atoms with Gasteiger partial charge in [-0.25, -0.2) is 0 Å². The second kappa shape index (κ2) is 10.4. The van der Waals surface area contributed by atoms with Crippen molar-refractivity contribution in [3.63, 3.8) is 0 Å². The van der Waals surface area contributed by atoms with Crippen molar-refractivity contribution < 1.29 is 14.2 Å². The number of rotatable bonds is 5. The van der Waals surface area contributed by atoms with E-state index >= 15 is 0 Å². The van der Waals surface area contributed by atoms with Crippen LogP contribution < -0.4 is 15.2 Å². The smallest absolute Gasteiger partial charge is 0.163 e. The van der Waals surface area contributed by atoms with Crippen molar-refractivity contribution in [1.29, 1.82) is 0 Å². The summed E-state index contributed by atoms with van der Waals surface area (Å²) in [6.07, 6.45) is 0.806. The fraction of sp³-hybridized carbons (Fsp3) is 0.625. The molecule has 1 aromatic carbocycles. The lowest BCUT2D eigenvalue weighted by atomic mass is 10.1. The summed E-state index contributed by atoms with van der Waals surface area (Å²) >= 11 is 0. The number of hydrogen-bond acceptors (Lipinski definition) is 5. The van der Waals surface area contributed by atoms with Crippen molar-refractivity contribution in [1.82, 2.24) is 4.90 Å². The van der Waals surface area contributed by atoms with E-state index < -0.39 is 0 Å². The van der Waals surface area contributed by atoms with Gasteiger partial charge < -0.3 is 19.9 Å². The largest absolute Gasteiger partial charge is 0.493 e. The Morgan fingerprint density at radius 1 is 1.19 bits per heavy atom. The lowest BCUT2D eigenvalue weighted by molar-refractivity contribution is 0.0405. The molecule has 120 valence electrons. The van der Waals surface area contributed by atoms with E-state index in [1.807, 2.05) is 18.2 Å². The molecule has 5 heteroatoms. The van der Waals surface area contributed by atoms with Gasteiger partial charge in [0.25, 0.3) is 0 Å². The first-order valence-corrected chi connectivity index (χ1v) is 7.46. The normalized spacial score (nSPS) is 15.0. The van der Waals surface area contributed by atoms with Crippen molar-refractivity contribution in [2.24, 2.45) is 5.73 Å². The van der Waals surface area contributed by atoms with Crippen LogP contribution in [0.15, 0.2) is 18.2 Å². The highest BCUT2D eigenvalue weighted by Crippen LogP contribution is 2.30. The van der Waals surface area contributed by atoms with Crippen LogP contribution in [0.3, 0.4) is 0 Å². The standard InChI is InChI=1S/C10H15NO2.C6H13NO/c1-12-9-5-3-4-8(6-7-11)10(9)13-2;1-2-7-3-5-8-6-4-7/h3-5H,6-7,11H2,1-2H3;2-6H2,1H3. The molecule has 0 bridgehead atoms. The summed E-state index contributed by atoms with van der Waals surface area (Å²) in [5, 5.41) is 0. The molecular formula is C16H28N2O3. The van der Waals surface area contributed by atoms with E-state index in [2.05, 4.69) is 11.8 Å². The zero-order valence-corrected chi connectivity index (χ0v) is 13.4. The zero-order chi connectivity index (χ0) is 15.5. The summed E-state index contributed by atoms with van der Waals surface area (Å²) < 4.78 is 15.6. The average molecular weight is 296 g/mol. The lowest BCUT2D eigenvalue weighted by Gasteiger charge is -2.24. The second-order valence-electron chi connectivity index (χ2n) is 4.74. The maximum Gasteiger partial charge on any atom is 0.163 e. The minimum atomic E-state index is 0.615. The van der Waals surface area contributed by atoms with E-state index in [0.29, 0.717) is 6.54 Å². The highest BCUT2D eigenvalue weighted by molar-refractivity contribution is 5.46. The molecule has 0 aromatic heterocycles. The summed E-state index contributed by atoms with van der Waals surface area (Å²) in [7, 11) is 3.27. The van der Waals surface area contributed by atoms with Crippen LogP contribution in [0.2, 0.25) is 0 Å². The average Bonchev–Trinajstić information content (AvgIpc) is 2.56. The van der Waals surface area contributed by atoms with E-state index in [1.54, 1.807) is 14.2 Å². The highest BCUT2D eigenvalue weighted by atomic mass is 16.5. The SMILES string of the molecule is CCN1CCOCC1.COc1cccc(CCN)c1OC. The predicted octanol–water partition coefficient (Wildman–Crippen LogP) is 1.54.